The zero-order chi connectivity index (χ0) is 16.2. The SMILES string of the molecule is CC(C)CCC(=O)N(Cc1cccnc1)[C@@H]1CCS(=O)(=O)C1. The van der Waals surface area contributed by atoms with Gasteiger partial charge in [-0.05, 0) is 30.4 Å². The first kappa shape index (κ1) is 16.9. The van der Waals surface area contributed by atoms with E-state index in [0.29, 0.717) is 25.3 Å². The Balaban J connectivity index is 2.11. The van der Waals surface area contributed by atoms with Crippen LogP contribution in [0, 0.1) is 5.92 Å². The van der Waals surface area contributed by atoms with E-state index >= 15 is 0 Å². The molecule has 6 heteroatoms. The van der Waals surface area contributed by atoms with Crippen LogP contribution >= 0.6 is 0 Å². The molecule has 22 heavy (non-hydrogen) atoms. The fourth-order valence-electron chi connectivity index (χ4n) is 2.69. The van der Waals surface area contributed by atoms with Gasteiger partial charge in [0.25, 0.3) is 0 Å². The van der Waals surface area contributed by atoms with E-state index in [-0.39, 0.29) is 23.5 Å². The first-order valence-corrected chi connectivity index (χ1v) is 9.58. The van der Waals surface area contributed by atoms with E-state index in [9.17, 15) is 13.2 Å². The molecule has 122 valence electrons. The zero-order valence-corrected chi connectivity index (χ0v) is 14.1. The lowest BCUT2D eigenvalue weighted by Gasteiger charge is -2.28. The molecule has 1 amide bonds. The predicted molar refractivity (Wildman–Crippen MR) is 85.9 cm³/mol. The highest BCUT2D eigenvalue weighted by molar-refractivity contribution is 7.91. The molecule has 1 aliphatic rings. The molecule has 0 N–H and O–H groups in total. The second-order valence-corrected chi connectivity index (χ2v) is 8.60. The van der Waals surface area contributed by atoms with Crippen molar-refractivity contribution >= 4 is 15.7 Å². The Bertz CT molecular complexity index is 599. The molecule has 2 heterocycles. The molecule has 1 atom stereocenters. The van der Waals surface area contributed by atoms with Crippen LogP contribution in [0.2, 0.25) is 0 Å². The molecule has 1 aromatic heterocycles. The molecule has 1 aromatic rings. The van der Waals surface area contributed by atoms with E-state index in [1.54, 1.807) is 17.3 Å². The van der Waals surface area contributed by atoms with Crippen LogP contribution in [0.15, 0.2) is 24.5 Å². The van der Waals surface area contributed by atoms with Gasteiger partial charge in [-0.15, -0.1) is 0 Å². The molecule has 2 rings (SSSR count). The lowest BCUT2D eigenvalue weighted by Crippen LogP contribution is -2.40. The van der Waals surface area contributed by atoms with Gasteiger partial charge in [0.05, 0.1) is 11.5 Å². The Morgan fingerprint density at radius 2 is 2.23 bits per heavy atom. The molecule has 5 nitrogen and oxygen atoms in total. The molecule has 0 saturated carbocycles. The Kier molecular flexibility index (Phi) is 5.56. The third-order valence-electron chi connectivity index (χ3n) is 3.98. The van der Waals surface area contributed by atoms with Gasteiger partial charge >= 0.3 is 0 Å². The number of amides is 1. The largest absolute Gasteiger partial charge is 0.334 e. The third-order valence-corrected chi connectivity index (χ3v) is 5.73. The second-order valence-electron chi connectivity index (χ2n) is 6.37. The maximum atomic E-state index is 12.6. The van der Waals surface area contributed by atoms with Crippen LogP contribution in [0.1, 0.15) is 38.7 Å². The Hall–Kier alpha value is -1.43. The van der Waals surface area contributed by atoms with Gasteiger partial charge in [0, 0.05) is 31.4 Å². The van der Waals surface area contributed by atoms with Crippen LogP contribution in [0.25, 0.3) is 0 Å². The molecule has 0 radical (unpaired) electrons. The number of sulfone groups is 1. The van der Waals surface area contributed by atoms with Gasteiger partial charge in [0.1, 0.15) is 0 Å². The fourth-order valence-corrected chi connectivity index (χ4v) is 4.42. The van der Waals surface area contributed by atoms with Gasteiger partial charge in [-0.3, -0.25) is 9.78 Å². The number of hydrogen-bond donors (Lipinski definition) is 0. The maximum absolute atomic E-state index is 12.6. The van der Waals surface area contributed by atoms with Crippen LogP contribution in [0.5, 0.6) is 0 Å². The van der Waals surface area contributed by atoms with Crippen LogP contribution in [0.4, 0.5) is 0 Å². The summed E-state index contributed by atoms with van der Waals surface area (Å²) >= 11 is 0. The minimum Gasteiger partial charge on any atom is -0.334 e. The number of carbonyl (C=O) groups excluding carboxylic acids is 1. The molecule has 0 spiro atoms. The quantitative estimate of drug-likeness (QED) is 0.803. The predicted octanol–water partition coefficient (Wildman–Crippen LogP) is 2.03. The number of hydrogen-bond acceptors (Lipinski definition) is 4. The van der Waals surface area contributed by atoms with Crippen LogP contribution in [0.3, 0.4) is 0 Å². The summed E-state index contributed by atoms with van der Waals surface area (Å²) in [5.41, 5.74) is 0.935. The summed E-state index contributed by atoms with van der Waals surface area (Å²) in [5.74, 6) is 0.760. The smallest absolute Gasteiger partial charge is 0.223 e. The molecular weight excluding hydrogens is 300 g/mol. The van der Waals surface area contributed by atoms with E-state index < -0.39 is 9.84 Å². The van der Waals surface area contributed by atoms with Crippen molar-refractivity contribution in [3.05, 3.63) is 30.1 Å². The molecule has 0 aliphatic carbocycles. The highest BCUT2D eigenvalue weighted by atomic mass is 32.2. The average Bonchev–Trinajstić information content (AvgIpc) is 2.83. The van der Waals surface area contributed by atoms with Crippen molar-refractivity contribution in [1.29, 1.82) is 0 Å². The van der Waals surface area contributed by atoms with Crippen molar-refractivity contribution in [2.75, 3.05) is 11.5 Å². The summed E-state index contributed by atoms with van der Waals surface area (Å²) < 4.78 is 23.5. The summed E-state index contributed by atoms with van der Waals surface area (Å²) in [5, 5.41) is 0. The summed E-state index contributed by atoms with van der Waals surface area (Å²) in [4.78, 5) is 18.4. The van der Waals surface area contributed by atoms with Crippen molar-refractivity contribution in [3.63, 3.8) is 0 Å². The topological polar surface area (TPSA) is 67.3 Å². The van der Waals surface area contributed by atoms with Gasteiger partial charge in [0.2, 0.25) is 5.91 Å². The Labute approximate surface area is 132 Å². The number of pyridine rings is 1. The number of carbonyl (C=O) groups is 1. The Morgan fingerprint density at radius 3 is 2.77 bits per heavy atom. The van der Waals surface area contributed by atoms with Gasteiger partial charge < -0.3 is 4.90 Å². The first-order valence-electron chi connectivity index (χ1n) is 7.76. The number of nitrogens with zero attached hydrogens (tertiary/aromatic N) is 2. The Morgan fingerprint density at radius 1 is 1.45 bits per heavy atom. The van der Waals surface area contributed by atoms with Crippen molar-refractivity contribution in [1.82, 2.24) is 9.88 Å². The number of rotatable bonds is 6. The monoisotopic (exact) mass is 324 g/mol. The first-order chi connectivity index (χ1) is 10.4. The van der Waals surface area contributed by atoms with Gasteiger partial charge in [0.15, 0.2) is 9.84 Å². The summed E-state index contributed by atoms with van der Waals surface area (Å²) in [6.07, 6.45) is 5.24. The van der Waals surface area contributed by atoms with E-state index in [1.165, 1.54) is 0 Å². The van der Waals surface area contributed by atoms with E-state index in [1.807, 2.05) is 12.1 Å². The lowest BCUT2D eigenvalue weighted by atomic mass is 10.1. The van der Waals surface area contributed by atoms with Crippen LogP contribution < -0.4 is 0 Å². The van der Waals surface area contributed by atoms with Gasteiger partial charge in [-0.25, -0.2) is 8.42 Å². The average molecular weight is 324 g/mol. The molecule has 0 aromatic carbocycles. The van der Waals surface area contributed by atoms with Gasteiger partial charge in [-0.1, -0.05) is 19.9 Å². The fraction of sp³-hybridized carbons (Fsp3) is 0.625. The molecule has 1 aliphatic heterocycles. The van der Waals surface area contributed by atoms with Crippen molar-refractivity contribution < 1.29 is 13.2 Å². The minimum atomic E-state index is -3.01. The molecule has 1 saturated heterocycles. The summed E-state index contributed by atoms with van der Waals surface area (Å²) in [6.45, 7) is 4.60. The van der Waals surface area contributed by atoms with Crippen molar-refractivity contribution in [2.45, 2.75) is 45.7 Å². The van der Waals surface area contributed by atoms with Gasteiger partial charge in [-0.2, -0.15) is 0 Å². The normalized spacial score (nSPS) is 20.2. The number of aromatic nitrogens is 1. The summed E-state index contributed by atoms with van der Waals surface area (Å²) in [7, 11) is -3.01. The van der Waals surface area contributed by atoms with E-state index in [4.69, 9.17) is 0 Å². The van der Waals surface area contributed by atoms with E-state index in [0.717, 1.165) is 12.0 Å². The van der Waals surface area contributed by atoms with Crippen molar-refractivity contribution in [3.8, 4) is 0 Å². The lowest BCUT2D eigenvalue weighted by molar-refractivity contribution is -0.134. The van der Waals surface area contributed by atoms with Crippen LogP contribution in [-0.4, -0.2) is 41.8 Å². The second kappa shape index (κ2) is 7.22. The maximum Gasteiger partial charge on any atom is 0.223 e. The molecule has 0 bridgehead atoms. The standard InChI is InChI=1S/C16H24N2O3S/c1-13(2)5-6-16(19)18(11-14-4-3-8-17-10-14)15-7-9-22(20,21)12-15/h3-4,8,10,13,15H,5-7,9,11-12H2,1-2H3/t15-/m1/s1. The van der Waals surface area contributed by atoms with Crippen LogP contribution in [-0.2, 0) is 21.2 Å². The molecular formula is C16H24N2O3S. The molecule has 1 fully saturated rings. The zero-order valence-electron chi connectivity index (χ0n) is 13.2. The minimum absolute atomic E-state index is 0.0413. The highest BCUT2D eigenvalue weighted by Gasteiger charge is 2.34. The molecule has 0 unspecified atom stereocenters. The third kappa shape index (κ3) is 4.80. The summed E-state index contributed by atoms with van der Waals surface area (Å²) in [6, 6.07) is 3.54. The van der Waals surface area contributed by atoms with Crippen molar-refractivity contribution in [2.24, 2.45) is 5.92 Å². The highest BCUT2D eigenvalue weighted by Crippen LogP contribution is 2.21. The van der Waals surface area contributed by atoms with E-state index in [2.05, 4.69) is 18.8 Å².